The first-order chi connectivity index (χ1) is 20.1. The van der Waals surface area contributed by atoms with Crippen LogP contribution in [0, 0.1) is 16.7 Å². The van der Waals surface area contributed by atoms with E-state index in [4.69, 9.17) is 34.7 Å². The Morgan fingerprint density at radius 2 is 1.48 bits per heavy atom. The number of anilines is 2. The van der Waals surface area contributed by atoms with Crippen LogP contribution in [0.4, 0.5) is 11.4 Å². The molecule has 3 aromatic rings. The smallest absolute Gasteiger partial charge is 0.233 e. The van der Waals surface area contributed by atoms with E-state index in [1.54, 1.807) is 0 Å². The van der Waals surface area contributed by atoms with E-state index in [0.717, 1.165) is 38.8 Å². The van der Waals surface area contributed by atoms with E-state index in [9.17, 15) is 9.59 Å². The van der Waals surface area contributed by atoms with Crippen molar-refractivity contribution in [3.05, 3.63) is 77.0 Å². The fourth-order valence-corrected chi connectivity index (χ4v) is 9.47. The average molecular weight is 602 g/mol. The molecule has 8 heteroatoms. The highest BCUT2D eigenvalue weighted by Crippen LogP contribution is 2.75. The molecule has 0 radical (unpaired) electrons. The second kappa shape index (κ2) is 8.75. The predicted octanol–water partition coefficient (Wildman–Crippen LogP) is 5.95. The van der Waals surface area contributed by atoms with E-state index in [1.165, 1.54) is 5.57 Å². The Bertz CT molecular complexity index is 1730. The molecule has 2 heterocycles. The van der Waals surface area contributed by atoms with E-state index >= 15 is 0 Å². The normalized spacial score (nSPS) is 32.3. The van der Waals surface area contributed by atoms with Gasteiger partial charge in [-0.05, 0) is 59.9 Å². The van der Waals surface area contributed by atoms with Gasteiger partial charge in [-0.2, -0.15) is 0 Å². The molecule has 3 aromatic carbocycles. The number of alkyl halides is 2. The van der Waals surface area contributed by atoms with Gasteiger partial charge in [0.1, 0.15) is 0 Å². The van der Waals surface area contributed by atoms with E-state index in [0.29, 0.717) is 56.2 Å². The van der Waals surface area contributed by atoms with Crippen molar-refractivity contribution in [2.24, 2.45) is 22.5 Å². The third-order valence-electron chi connectivity index (χ3n) is 10.8. The summed E-state index contributed by atoms with van der Waals surface area (Å²) >= 11 is 12.9. The molecular formula is C34H34Cl2N4O2. The first kappa shape index (κ1) is 26.6. The van der Waals surface area contributed by atoms with Crippen LogP contribution in [0.3, 0.4) is 0 Å². The fraction of sp³-hybridized carbons (Fsp3) is 0.412. The van der Waals surface area contributed by atoms with Crippen LogP contribution in [-0.4, -0.2) is 41.6 Å². The molecule has 0 saturated heterocycles. The summed E-state index contributed by atoms with van der Waals surface area (Å²) in [6.07, 6.45) is 2.34. The average Bonchev–Trinajstić information content (AvgIpc) is 3.49. The molecule has 1 unspecified atom stereocenters. The Kier molecular flexibility index (Phi) is 5.53. The highest BCUT2D eigenvalue weighted by molar-refractivity contribution is 6.19. The molecule has 216 valence electrons. The molecule has 6 aliphatic rings. The van der Waals surface area contributed by atoms with Crippen LogP contribution in [0.2, 0.25) is 0 Å². The largest absolute Gasteiger partial charge is 0.398 e. The topological polar surface area (TPSA) is 92.7 Å². The van der Waals surface area contributed by atoms with Gasteiger partial charge in [-0.25, -0.2) is 0 Å². The molecule has 0 aromatic heterocycles. The molecule has 6 nitrogen and oxygen atoms in total. The van der Waals surface area contributed by atoms with E-state index in [2.05, 4.69) is 18.2 Å². The Hall–Kier alpha value is -3.06. The summed E-state index contributed by atoms with van der Waals surface area (Å²) in [5.74, 6) is 1.21. The number of amides is 2. The van der Waals surface area contributed by atoms with Crippen molar-refractivity contribution in [3.63, 3.8) is 0 Å². The van der Waals surface area contributed by atoms with Crippen LogP contribution in [0.1, 0.15) is 55.2 Å². The number of benzene rings is 3. The molecule has 3 fully saturated rings. The van der Waals surface area contributed by atoms with Gasteiger partial charge >= 0.3 is 0 Å². The van der Waals surface area contributed by atoms with Crippen molar-refractivity contribution in [2.75, 3.05) is 35.5 Å². The number of carbonyl (C=O) groups excluding carboxylic acids is 2. The van der Waals surface area contributed by atoms with Crippen molar-refractivity contribution in [2.45, 2.75) is 44.1 Å². The lowest BCUT2D eigenvalue weighted by Crippen LogP contribution is -2.72. The van der Waals surface area contributed by atoms with Gasteiger partial charge in [0.05, 0.1) is 10.8 Å². The lowest BCUT2D eigenvalue weighted by atomic mass is 9.34. The SMILES string of the molecule is CC1(N)CC2=C(c3ccccc31)[C@H](CCl)CN2C(=O)C12CC(C(=O)N3C[C@@H](CCl)c4c3cc(N)c3ccccc43)(C1)C2. The molecular weight excluding hydrogens is 567 g/mol. The summed E-state index contributed by atoms with van der Waals surface area (Å²) in [6, 6.07) is 18.2. The number of nitrogen functional groups attached to an aromatic ring is 1. The van der Waals surface area contributed by atoms with Gasteiger partial charge in [-0.1, -0.05) is 48.5 Å². The van der Waals surface area contributed by atoms with Crippen molar-refractivity contribution >= 4 is 62.7 Å². The van der Waals surface area contributed by atoms with Crippen molar-refractivity contribution in [3.8, 4) is 0 Å². The minimum absolute atomic E-state index is 0.0428. The zero-order chi connectivity index (χ0) is 29.2. The summed E-state index contributed by atoms with van der Waals surface area (Å²) in [5, 5.41) is 2.05. The van der Waals surface area contributed by atoms with Gasteiger partial charge in [0, 0.05) is 71.1 Å². The second-order valence-corrected chi connectivity index (χ2v) is 14.2. The predicted molar refractivity (Wildman–Crippen MR) is 168 cm³/mol. The zero-order valence-electron chi connectivity index (χ0n) is 23.6. The molecule has 3 atom stereocenters. The first-order valence-electron chi connectivity index (χ1n) is 14.8. The third-order valence-corrected chi connectivity index (χ3v) is 11.6. The Morgan fingerprint density at radius 1 is 0.881 bits per heavy atom. The van der Waals surface area contributed by atoms with Crippen molar-refractivity contribution < 1.29 is 9.59 Å². The fourth-order valence-electron chi connectivity index (χ4n) is 8.96. The van der Waals surface area contributed by atoms with Gasteiger partial charge in [-0.15, -0.1) is 23.2 Å². The monoisotopic (exact) mass is 600 g/mol. The van der Waals surface area contributed by atoms with Crippen LogP contribution < -0.4 is 16.4 Å². The minimum atomic E-state index is -0.570. The number of rotatable bonds is 4. The summed E-state index contributed by atoms with van der Waals surface area (Å²) < 4.78 is 0. The van der Waals surface area contributed by atoms with Gasteiger partial charge in [0.25, 0.3) is 0 Å². The lowest BCUT2D eigenvalue weighted by molar-refractivity contribution is -0.212. The molecule has 2 amide bonds. The maximum atomic E-state index is 14.2. The van der Waals surface area contributed by atoms with Gasteiger partial charge in [0.2, 0.25) is 11.8 Å². The number of nitrogens with two attached hydrogens (primary N) is 2. The standard InChI is InChI=1S/C34H34Cl2N4O2/c1-32(38)11-27-29(23-8-4-5-9-24(23)32)20(13-36)15-40(27)31(42)34-16-33(17-34,18-34)30(41)39-14-19(12-35)28-22-7-3-2-6-21(22)25(37)10-26(28)39/h2-10,19-20H,11-18,37-38H2,1H3/t19-,20-,32?,33?,34?/m1/s1. The molecule has 9 rings (SSSR count). The lowest BCUT2D eigenvalue weighted by Gasteiger charge is -2.69. The van der Waals surface area contributed by atoms with Gasteiger partial charge < -0.3 is 21.3 Å². The quantitative estimate of drug-likeness (QED) is 0.286. The van der Waals surface area contributed by atoms with E-state index < -0.39 is 16.4 Å². The first-order valence-corrected chi connectivity index (χ1v) is 15.9. The maximum absolute atomic E-state index is 14.2. The Labute approximate surface area is 255 Å². The molecule has 4 aliphatic carbocycles. The zero-order valence-corrected chi connectivity index (χ0v) is 25.1. The Morgan fingerprint density at radius 3 is 2.17 bits per heavy atom. The van der Waals surface area contributed by atoms with Gasteiger partial charge in [-0.3, -0.25) is 9.59 Å². The van der Waals surface area contributed by atoms with Crippen LogP contribution in [0.15, 0.2) is 60.3 Å². The number of nitrogens with zero attached hydrogens (tertiary/aromatic N) is 2. The molecule has 4 N–H and O–H groups in total. The number of hydrogen-bond donors (Lipinski definition) is 2. The summed E-state index contributed by atoms with van der Waals surface area (Å²) in [7, 11) is 0. The molecule has 2 aliphatic heterocycles. The third kappa shape index (κ3) is 3.32. The van der Waals surface area contributed by atoms with Gasteiger partial charge in [0.15, 0.2) is 0 Å². The second-order valence-electron chi connectivity index (χ2n) is 13.6. The number of fused-ring (bicyclic) bond motifs is 5. The van der Waals surface area contributed by atoms with Crippen LogP contribution in [0.5, 0.6) is 0 Å². The van der Waals surface area contributed by atoms with Crippen molar-refractivity contribution in [1.82, 2.24) is 4.90 Å². The maximum Gasteiger partial charge on any atom is 0.233 e. The van der Waals surface area contributed by atoms with Crippen molar-refractivity contribution in [1.29, 1.82) is 0 Å². The molecule has 42 heavy (non-hydrogen) atoms. The van der Waals surface area contributed by atoms with Crippen LogP contribution in [0.25, 0.3) is 16.3 Å². The number of hydrogen-bond acceptors (Lipinski definition) is 4. The van der Waals surface area contributed by atoms with E-state index in [1.807, 2.05) is 53.1 Å². The molecule has 2 bridgehead atoms. The summed E-state index contributed by atoms with van der Waals surface area (Å²) in [4.78, 5) is 32.3. The highest BCUT2D eigenvalue weighted by Gasteiger charge is 2.76. The highest BCUT2D eigenvalue weighted by atomic mass is 35.5. The number of halogens is 2. The van der Waals surface area contributed by atoms with E-state index in [-0.39, 0.29) is 23.7 Å². The van der Waals surface area contributed by atoms with Crippen LogP contribution in [-0.2, 0) is 15.1 Å². The summed E-state index contributed by atoms with van der Waals surface area (Å²) in [6.45, 7) is 3.16. The number of carbonyl (C=O) groups is 2. The summed E-state index contributed by atoms with van der Waals surface area (Å²) in [5.41, 5.74) is 18.8. The molecule has 3 saturated carbocycles. The molecule has 0 spiro atoms. The minimum Gasteiger partial charge on any atom is -0.398 e. The Balaban J connectivity index is 1.07. The van der Waals surface area contributed by atoms with Crippen LogP contribution >= 0.6 is 23.2 Å².